The zero-order valence-electron chi connectivity index (χ0n) is 15.6. The second kappa shape index (κ2) is 8.30. The lowest BCUT2D eigenvalue weighted by Gasteiger charge is -2.18. The summed E-state index contributed by atoms with van der Waals surface area (Å²) in [4.78, 5) is 26.5. The van der Waals surface area contributed by atoms with Gasteiger partial charge in [0.15, 0.2) is 5.16 Å². The lowest BCUT2D eigenvalue weighted by molar-refractivity contribution is -0.119. The first-order chi connectivity index (χ1) is 13.0. The molecule has 1 atom stereocenters. The first-order valence-corrected chi connectivity index (χ1v) is 10.8. The van der Waals surface area contributed by atoms with E-state index in [0.717, 1.165) is 36.1 Å². The van der Waals surface area contributed by atoms with Crippen LogP contribution in [0.2, 0.25) is 0 Å². The van der Waals surface area contributed by atoms with Crippen molar-refractivity contribution in [3.05, 3.63) is 16.0 Å². The number of amides is 1. The van der Waals surface area contributed by atoms with Gasteiger partial charge in [-0.25, -0.2) is 4.79 Å². The molecule has 3 N–H and O–H groups in total. The van der Waals surface area contributed by atoms with Gasteiger partial charge in [-0.2, -0.15) is 0 Å². The number of nitrogen functional groups attached to an aromatic ring is 1. The van der Waals surface area contributed by atoms with Crippen molar-refractivity contribution in [3.63, 3.8) is 0 Å². The summed E-state index contributed by atoms with van der Waals surface area (Å²) in [6.07, 6.45) is 6.25. The van der Waals surface area contributed by atoms with Gasteiger partial charge in [0.1, 0.15) is 11.0 Å². The molecule has 1 aliphatic rings. The molecule has 2 aromatic heterocycles. The molecule has 3 rings (SSSR count). The highest BCUT2D eigenvalue weighted by Gasteiger charge is 2.30. The fourth-order valence-corrected chi connectivity index (χ4v) is 5.19. The van der Waals surface area contributed by atoms with Gasteiger partial charge in [0.25, 0.3) is 0 Å². The van der Waals surface area contributed by atoms with Crippen LogP contribution < -0.4 is 11.1 Å². The highest BCUT2D eigenvalue weighted by molar-refractivity contribution is 7.98. The number of carbonyl (C=O) groups is 2. The van der Waals surface area contributed by atoms with Crippen LogP contribution in [0.1, 0.15) is 53.0 Å². The second-order valence-corrected chi connectivity index (χ2v) is 8.11. The van der Waals surface area contributed by atoms with Crippen LogP contribution in [0.3, 0.4) is 0 Å². The second-order valence-electron chi connectivity index (χ2n) is 6.23. The molecule has 2 heterocycles. The minimum absolute atomic E-state index is 0.194. The van der Waals surface area contributed by atoms with E-state index in [2.05, 4.69) is 15.5 Å². The van der Waals surface area contributed by atoms with Crippen molar-refractivity contribution in [2.24, 2.45) is 0 Å². The number of carbonyl (C=O) groups excluding carboxylic acids is 2. The van der Waals surface area contributed by atoms with Gasteiger partial charge in [-0.1, -0.05) is 18.7 Å². The quantitative estimate of drug-likeness (QED) is 0.557. The number of aromatic nitrogens is 3. The molecule has 1 unspecified atom stereocenters. The van der Waals surface area contributed by atoms with Gasteiger partial charge in [-0.05, 0) is 43.9 Å². The van der Waals surface area contributed by atoms with Crippen LogP contribution in [0, 0.1) is 0 Å². The maximum atomic E-state index is 13.0. The number of esters is 1. The summed E-state index contributed by atoms with van der Waals surface area (Å²) < 4.78 is 6.60. The van der Waals surface area contributed by atoms with E-state index in [9.17, 15) is 9.59 Å². The Morgan fingerprint density at radius 1 is 1.37 bits per heavy atom. The third-order valence-electron chi connectivity index (χ3n) is 4.67. The minimum Gasteiger partial charge on any atom is -0.465 e. The Balaban J connectivity index is 1.94. The van der Waals surface area contributed by atoms with E-state index in [-0.39, 0.29) is 11.9 Å². The molecule has 0 aliphatic heterocycles. The van der Waals surface area contributed by atoms with Crippen LogP contribution in [0.4, 0.5) is 10.9 Å². The molecule has 1 aliphatic carbocycles. The van der Waals surface area contributed by atoms with E-state index in [1.165, 1.54) is 30.2 Å². The molecule has 0 saturated carbocycles. The standard InChI is InChI=1S/C17H23N5O3S2/c1-4-10(22-16(18)20-21-17(22)26-3)13(23)19-14-12(15(24)25-2)9-7-5-6-8-11(9)27-14/h10H,4-8H2,1-3H3,(H2,18,20)(H,19,23). The van der Waals surface area contributed by atoms with Gasteiger partial charge < -0.3 is 15.8 Å². The number of fused-ring (bicyclic) bond motifs is 1. The number of thiophene rings is 1. The van der Waals surface area contributed by atoms with Crippen molar-refractivity contribution < 1.29 is 14.3 Å². The molecule has 10 heteroatoms. The number of hydrogen-bond acceptors (Lipinski definition) is 8. The Bertz CT molecular complexity index is 861. The van der Waals surface area contributed by atoms with E-state index >= 15 is 0 Å². The molecular formula is C17H23N5O3S2. The molecule has 0 aromatic carbocycles. The van der Waals surface area contributed by atoms with Crippen molar-refractivity contribution in [3.8, 4) is 0 Å². The van der Waals surface area contributed by atoms with Gasteiger partial charge >= 0.3 is 5.97 Å². The number of rotatable bonds is 6. The van der Waals surface area contributed by atoms with Crippen LogP contribution in [-0.4, -0.2) is 40.0 Å². The highest BCUT2D eigenvalue weighted by atomic mass is 32.2. The van der Waals surface area contributed by atoms with E-state index in [4.69, 9.17) is 10.5 Å². The number of hydrogen-bond donors (Lipinski definition) is 2. The van der Waals surface area contributed by atoms with Crippen molar-refractivity contribution in [2.75, 3.05) is 24.4 Å². The topological polar surface area (TPSA) is 112 Å². The van der Waals surface area contributed by atoms with E-state index < -0.39 is 12.0 Å². The molecule has 1 amide bonds. The maximum absolute atomic E-state index is 13.0. The normalized spacial score (nSPS) is 14.5. The highest BCUT2D eigenvalue weighted by Crippen LogP contribution is 2.39. The molecule has 2 aromatic rings. The summed E-state index contributed by atoms with van der Waals surface area (Å²) >= 11 is 2.84. The SMILES string of the molecule is CCC(C(=O)Nc1sc2c(c1C(=O)OC)CCCC2)n1c(N)nnc1SC. The molecule has 27 heavy (non-hydrogen) atoms. The average Bonchev–Trinajstić information content (AvgIpc) is 3.22. The summed E-state index contributed by atoms with van der Waals surface area (Å²) in [6, 6.07) is -0.563. The fraction of sp³-hybridized carbons (Fsp3) is 0.529. The Morgan fingerprint density at radius 3 is 2.78 bits per heavy atom. The van der Waals surface area contributed by atoms with Crippen LogP contribution in [-0.2, 0) is 22.4 Å². The Morgan fingerprint density at radius 2 is 2.11 bits per heavy atom. The first kappa shape index (κ1) is 19.7. The van der Waals surface area contributed by atoms with Crippen LogP contribution in [0.5, 0.6) is 0 Å². The van der Waals surface area contributed by atoms with Gasteiger partial charge in [0.2, 0.25) is 11.9 Å². The van der Waals surface area contributed by atoms with Gasteiger partial charge in [-0.3, -0.25) is 9.36 Å². The zero-order chi connectivity index (χ0) is 19.6. The molecule has 0 spiro atoms. The summed E-state index contributed by atoms with van der Waals surface area (Å²) in [7, 11) is 1.36. The van der Waals surface area contributed by atoms with Crippen LogP contribution >= 0.6 is 23.1 Å². The molecular weight excluding hydrogens is 386 g/mol. The zero-order valence-corrected chi connectivity index (χ0v) is 17.2. The van der Waals surface area contributed by atoms with Gasteiger partial charge in [0, 0.05) is 4.88 Å². The average molecular weight is 410 g/mol. The number of nitrogens with one attached hydrogen (secondary N) is 1. The number of anilines is 2. The minimum atomic E-state index is -0.563. The number of thioether (sulfide) groups is 1. The Hall–Kier alpha value is -2.07. The lowest BCUT2D eigenvalue weighted by Crippen LogP contribution is -2.27. The predicted molar refractivity (Wildman–Crippen MR) is 106 cm³/mol. The first-order valence-electron chi connectivity index (χ1n) is 8.79. The van der Waals surface area contributed by atoms with Gasteiger partial charge in [0.05, 0.1) is 12.7 Å². The summed E-state index contributed by atoms with van der Waals surface area (Å²) in [6.45, 7) is 1.90. The largest absolute Gasteiger partial charge is 0.465 e. The van der Waals surface area contributed by atoms with Gasteiger partial charge in [-0.15, -0.1) is 21.5 Å². The molecule has 0 radical (unpaired) electrons. The smallest absolute Gasteiger partial charge is 0.341 e. The van der Waals surface area contributed by atoms with Crippen LogP contribution in [0.15, 0.2) is 5.16 Å². The molecule has 8 nitrogen and oxygen atoms in total. The monoisotopic (exact) mass is 409 g/mol. The van der Waals surface area contributed by atoms with Crippen molar-refractivity contribution in [1.82, 2.24) is 14.8 Å². The number of ether oxygens (including phenoxy) is 1. The number of nitrogens with zero attached hydrogens (tertiary/aromatic N) is 3. The molecule has 0 saturated heterocycles. The number of methoxy groups -OCH3 is 1. The van der Waals surface area contributed by atoms with E-state index in [1.807, 2.05) is 13.2 Å². The molecule has 146 valence electrons. The summed E-state index contributed by atoms with van der Waals surface area (Å²) in [5, 5.41) is 11.9. The lowest BCUT2D eigenvalue weighted by atomic mass is 9.95. The number of aryl methyl sites for hydroxylation is 1. The van der Waals surface area contributed by atoms with Crippen molar-refractivity contribution in [2.45, 2.75) is 50.2 Å². The maximum Gasteiger partial charge on any atom is 0.341 e. The molecule has 0 bridgehead atoms. The van der Waals surface area contributed by atoms with E-state index in [0.29, 0.717) is 22.1 Å². The third-order valence-corrected chi connectivity index (χ3v) is 6.52. The Labute approximate surface area is 165 Å². The number of nitrogens with two attached hydrogens (primary N) is 1. The van der Waals surface area contributed by atoms with Crippen molar-refractivity contribution in [1.29, 1.82) is 0 Å². The summed E-state index contributed by atoms with van der Waals surface area (Å²) in [5.41, 5.74) is 7.43. The predicted octanol–water partition coefficient (Wildman–Crippen LogP) is 2.90. The fourth-order valence-electron chi connectivity index (χ4n) is 3.37. The molecule has 0 fully saturated rings. The summed E-state index contributed by atoms with van der Waals surface area (Å²) in [5.74, 6) is -0.463. The van der Waals surface area contributed by atoms with Crippen molar-refractivity contribution >= 4 is 45.9 Å². The Kier molecular flexibility index (Phi) is 6.05. The van der Waals surface area contributed by atoms with E-state index in [1.54, 1.807) is 4.57 Å². The third kappa shape index (κ3) is 3.68. The van der Waals surface area contributed by atoms with Crippen LogP contribution in [0.25, 0.3) is 0 Å².